The first-order chi connectivity index (χ1) is 10.6. The van der Waals surface area contributed by atoms with Crippen LogP contribution in [0.15, 0.2) is 34.9 Å². The van der Waals surface area contributed by atoms with E-state index in [0.717, 1.165) is 18.4 Å². The molecule has 5 heteroatoms. The minimum absolute atomic E-state index is 0.0608. The highest BCUT2D eigenvalue weighted by Crippen LogP contribution is 2.29. The van der Waals surface area contributed by atoms with Gasteiger partial charge in [0, 0.05) is 12.7 Å². The van der Waals surface area contributed by atoms with E-state index in [1.165, 1.54) is 5.56 Å². The summed E-state index contributed by atoms with van der Waals surface area (Å²) in [4.78, 5) is 12.3. The molecule has 1 saturated heterocycles. The van der Waals surface area contributed by atoms with Crippen LogP contribution in [-0.4, -0.2) is 23.7 Å². The van der Waals surface area contributed by atoms with Gasteiger partial charge in [-0.2, -0.15) is 0 Å². The van der Waals surface area contributed by atoms with E-state index in [9.17, 15) is 4.79 Å². The maximum absolute atomic E-state index is 12.3. The molecule has 2 atom stereocenters. The molecule has 1 aromatic heterocycles. The Labute approximate surface area is 129 Å². The zero-order valence-corrected chi connectivity index (χ0v) is 12.8. The van der Waals surface area contributed by atoms with Crippen molar-refractivity contribution in [2.45, 2.75) is 38.8 Å². The summed E-state index contributed by atoms with van der Waals surface area (Å²) in [5.41, 5.74) is 2.99. The van der Waals surface area contributed by atoms with Crippen LogP contribution in [0.3, 0.4) is 0 Å². The largest absolute Gasteiger partial charge is 0.371 e. The van der Waals surface area contributed by atoms with Crippen LogP contribution in [0.4, 0.5) is 0 Å². The molecule has 0 radical (unpaired) electrons. The standard InChI is InChI=1S/C17H20N2O3/c1-11-5-7-13(8-6-11)16-14(4-3-9-21-16)18-17(20)15-10-12(2)19-22-15/h5-8,10,14,16H,3-4,9H2,1-2H3,(H,18,20)/t14-,16+/m0/s1. The maximum Gasteiger partial charge on any atom is 0.290 e. The Bertz CT molecular complexity index is 648. The number of hydrogen-bond acceptors (Lipinski definition) is 4. The number of nitrogens with one attached hydrogen (secondary N) is 1. The Morgan fingerprint density at radius 1 is 1.27 bits per heavy atom. The fourth-order valence-corrected chi connectivity index (χ4v) is 2.72. The highest BCUT2D eigenvalue weighted by molar-refractivity contribution is 5.91. The van der Waals surface area contributed by atoms with Gasteiger partial charge < -0.3 is 14.6 Å². The Balaban J connectivity index is 1.75. The molecule has 22 heavy (non-hydrogen) atoms. The topological polar surface area (TPSA) is 64.4 Å². The minimum Gasteiger partial charge on any atom is -0.371 e. The summed E-state index contributed by atoms with van der Waals surface area (Å²) in [7, 11) is 0. The number of carbonyl (C=O) groups is 1. The van der Waals surface area contributed by atoms with Crippen LogP contribution in [0, 0.1) is 13.8 Å². The lowest BCUT2D eigenvalue weighted by Crippen LogP contribution is -2.42. The molecule has 1 aromatic carbocycles. The number of carbonyl (C=O) groups excluding carboxylic acids is 1. The van der Waals surface area contributed by atoms with Crippen molar-refractivity contribution >= 4 is 5.91 Å². The summed E-state index contributed by atoms with van der Waals surface area (Å²) in [5.74, 6) is -0.000980. The van der Waals surface area contributed by atoms with E-state index < -0.39 is 0 Å². The average molecular weight is 300 g/mol. The fraction of sp³-hybridized carbons (Fsp3) is 0.412. The lowest BCUT2D eigenvalue weighted by atomic mass is 9.95. The highest BCUT2D eigenvalue weighted by Gasteiger charge is 2.29. The van der Waals surface area contributed by atoms with Gasteiger partial charge in [-0.25, -0.2) is 0 Å². The predicted molar refractivity (Wildman–Crippen MR) is 81.6 cm³/mol. The normalized spacial score (nSPS) is 21.5. The first-order valence-electron chi connectivity index (χ1n) is 7.56. The maximum atomic E-state index is 12.3. The van der Waals surface area contributed by atoms with Crippen molar-refractivity contribution in [1.82, 2.24) is 10.5 Å². The quantitative estimate of drug-likeness (QED) is 0.946. The molecule has 2 aromatic rings. The van der Waals surface area contributed by atoms with Crippen LogP contribution in [0.25, 0.3) is 0 Å². The van der Waals surface area contributed by atoms with E-state index >= 15 is 0 Å². The van der Waals surface area contributed by atoms with Crippen molar-refractivity contribution in [1.29, 1.82) is 0 Å². The molecule has 1 aliphatic heterocycles. The van der Waals surface area contributed by atoms with E-state index in [-0.39, 0.29) is 23.8 Å². The molecule has 5 nitrogen and oxygen atoms in total. The molecule has 0 unspecified atom stereocenters. The molecule has 0 saturated carbocycles. The number of amides is 1. The van der Waals surface area contributed by atoms with Gasteiger partial charge in [0.05, 0.1) is 11.7 Å². The van der Waals surface area contributed by atoms with Gasteiger partial charge >= 0.3 is 0 Å². The second-order valence-corrected chi connectivity index (χ2v) is 5.76. The second kappa shape index (κ2) is 6.32. The van der Waals surface area contributed by atoms with Crippen LogP contribution in [0.1, 0.15) is 46.3 Å². The first-order valence-corrected chi connectivity index (χ1v) is 7.56. The lowest BCUT2D eigenvalue weighted by Gasteiger charge is -2.32. The first kappa shape index (κ1) is 14.8. The van der Waals surface area contributed by atoms with Crippen molar-refractivity contribution in [3.05, 3.63) is 52.9 Å². The zero-order chi connectivity index (χ0) is 15.5. The Morgan fingerprint density at radius 3 is 2.73 bits per heavy atom. The van der Waals surface area contributed by atoms with E-state index in [4.69, 9.17) is 9.26 Å². The van der Waals surface area contributed by atoms with Crippen molar-refractivity contribution in [3.8, 4) is 0 Å². The van der Waals surface area contributed by atoms with Gasteiger partial charge in [0.1, 0.15) is 6.10 Å². The molecule has 0 aliphatic carbocycles. The molecular formula is C17H20N2O3. The molecule has 3 rings (SSSR count). The van der Waals surface area contributed by atoms with Crippen LogP contribution in [0.5, 0.6) is 0 Å². The molecule has 0 spiro atoms. The summed E-state index contributed by atoms with van der Waals surface area (Å²) in [6, 6.07) is 9.82. The third-order valence-electron chi connectivity index (χ3n) is 3.90. The number of benzene rings is 1. The van der Waals surface area contributed by atoms with Crippen molar-refractivity contribution in [2.75, 3.05) is 6.61 Å². The molecule has 116 valence electrons. The van der Waals surface area contributed by atoms with E-state index in [0.29, 0.717) is 12.3 Å². The van der Waals surface area contributed by atoms with Crippen LogP contribution >= 0.6 is 0 Å². The fourth-order valence-electron chi connectivity index (χ4n) is 2.72. The summed E-state index contributed by atoms with van der Waals surface area (Å²) >= 11 is 0. The number of ether oxygens (including phenoxy) is 1. The summed E-state index contributed by atoms with van der Waals surface area (Å²) in [6.07, 6.45) is 1.70. The number of nitrogens with zero attached hydrogens (tertiary/aromatic N) is 1. The molecular weight excluding hydrogens is 280 g/mol. The van der Waals surface area contributed by atoms with Crippen LogP contribution in [0.2, 0.25) is 0 Å². The van der Waals surface area contributed by atoms with Gasteiger partial charge in [-0.1, -0.05) is 35.0 Å². The second-order valence-electron chi connectivity index (χ2n) is 5.76. The SMILES string of the molecule is Cc1ccc([C@H]2OCCC[C@@H]2NC(=O)c2cc(C)no2)cc1. The number of aryl methyl sites for hydroxylation is 2. The van der Waals surface area contributed by atoms with Crippen molar-refractivity contribution < 1.29 is 14.1 Å². The van der Waals surface area contributed by atoms with Crippen LogP contribution in [-0.2, 0) is 4.74 Å². The van der Waals surface area contributed by atoms with Gasteiger partial charge in [-0.05, 0) is 32.3 Å². The third kappa shape index (κ3) is 3.20. The molecule has 1 aliphatic rings. The van der Waals surface area contributed by atoms with Crippen molar-refractivity contribution in [3.63, 3.8) is 0 Å². The average Bonchev–Trinajstić information content (AvgIpc) is 2.95. The monoisotopic (exact) mass is 300 g/mol. The van der Waals surface area contributed by atoms with Crippen LogP contribution < -0.4 is 5.32 Å². The number of aromatic nitrogens is 1. The Morgan fingerprint density at radius 2 is 2.05 bits per heavy atom. The van der Waals surface area contributed by atoms with E-state index in [1.807, 2.05) is 0 Å². The predicted octanol–water partition coefficient (Wildman–Crippen LogP) is 2.94. The summed E-state index contributed by atoms with van der Waals surface area (Å²) < 4.78 is 10.9. The number of rotatable bonds is 3. The van der Waals surface area contributed by atoms with Gasteiger partial charge in [0.15, 0.2) is 0 Å². The van der Waals surface area contributed by atoms with Gasteiger partial charge in [-0.15, -0.1) is 0 Å². The molecule has 2 heterocycles. The molecule has 1 fully saturated rings. The zero-order valence-electron chi connectivity index (χ0n) is 12.8. The summed E-state index contributed by atoms with van der Waals surface area (Å²) in [6.45, 7) is 4.56. The Kier molecular flexibility index (Phi) is 4.24. The smallest absolute Gasteiger partial charge is 0.290 e. The van der Waals surface area contributed by atoms with Gasteiger partial charge in [0.2, 0.25) is 5.76 Å². The number of hydrogen-bond donors (Lipinski definition) is 1. The Hall–Kier alpha value is -2.14. The van der Waals surface area contributed by atoms with Gasteiger partial charge in [-0.3, -0.25) is 4.79 Å². The third-order valence-corrected chi connectivity index (χ3v) is 3.90. The molecule has 1 amide bonds. The van der Waals surface area contributed by atoms with Crippen molar-refractivity contribution in [2.24, 2.45) is 0 Å². The van der Waals surface area contributed by atoms with E-state index in [2.05, 4.69) is 41.7 Å². The molecule has 0 bridgehead atoms. The minimum atomic E-state index is -0.242. The summed E-state index contributed by atoms with van der Waals surface area (Å²) in [5, 5.41) is 6.76. The van der Waals surface area contributed by atoms with Gasteiger partial charge in [0.25, 0.3) is 5.91 Å². The lowest BCUT2D eigenvalue weighted by molar-refractivity contribution is -0.00979. The molecule has 1 N–H and O–H groups in total. The highest BCUT2D eigenvalue weighted by atomic mass is 16.5. The van der Waals surface area contributed by atoms with E-state index in [1.54, 1.807) is 13.0 Å².